The number of rotatable bonds is 6. The quantitative estimate of drug-likeness (QED) is 0.598. The van der Waals surface area contributed by atoms with E-state index in [9.17, 15) is 22.0 Å². The van der Waals surface area contributed by atoms with Crippen molar-refractivity contribution in [2.75, 3.05) is 10.0 Å². The molecule has 0 unspecified atom stereocenters. The summed E-state index contributed by atoms with van der Waals surface area (Å²) in [6.45, 7) is 1.29. The molecule has 0 atom stereocenters. The second kappa shape index (κ2) is 7.51. The molecule has 162 valence electrons. The average molecular weight is 442 g/mol. The number of aromatic nitrogens is 6. The van der Waals surface area contributed by atoms with Gasteiger partial charge in [0.25, 0.3) is 15.9 Å². The first kappa shape index (κ1) is 21.4. The molecule has 0 aliphatic rings. The van der Waals surface area contributed by atoms with Gasteiger partial charge in [0.15, 0.2) is 0 Å². The highest BCUT2D eigenvalue weighted by Crippen LogP contribution is 2.27. The zero-order chi connectivity index (χ0) is 22.4. The molecule has 2 N–H and O–H groups in total. The first-order valence-electron chi connectivity index (χ1n) is 8.62. The molecular formula is C16H20F2N8O3S. The summed E-state index contributed by atoms with van der Waals surface area (Å²) in [4.78, 5) is 12.4. The molecule has 0 aliphatic carbocycles. The number of halogens is 2. The van der Waals surface area contributed by atoms with E-state index in [1.165, 1.54) is 31.8 Å². The Hall–Kier alpha value is -3.29. The number of anilines is 2. The van der Waals surface area contributed by atoms with Crippen LogP contribution in [0.4, 0.5) is 20.2 Å². The topological polar surface area (TPSA) is 129 Å². The van der Waals surface area contributed by atoms with E-state index in [1.807, 2.05) is 0 Å². The summed E-state index contributed by atoms with van der Waals surface area (Å²) in [5.41, 5.74) is 0.635. The summed E-state index contributed by atoms with van der Waals surface area (Å²) in [5.74, 6) is -0.625. The number of amides is 1. The van der Waals surface area contributed by atoms with Gasteiger partial charge in [-0.1, -0.05) is 0 Å². The van der Waals surface area contributed by atoms with Crippen LogP contribution in [0, 0.1) is 20.8 Å². The summed E-state index contributed by atoms with van der Waals surface area (Å²) in [7, 11) is -1.15. The Bertz CT molecular complexity index is 1230. The van der Waals surface area contributed by atoms with Crippen molar-refractivity contribution in [2.24, 2.45) is 14.1 Å². The van der Waals surface area contributed by atoms with Crippen LogP contribution in [-0.4, -0.2) is 43.7 Å². The number of carbonyl (C=O) groups is 1. The van der Waals surface area contributed by atoms with Gasteiger partial charge in [-0.25, -0.2) is 13.1 Å². The van der Waals surface area contributed by atoms with E-state index < -0.39 is 22.5 Å². The molecule has 0 aliphatic heterocycles. The van der Waals surface area contributed by atoms with E-state index >= 15 is 0 Å². The molecule has 0 radical (unpaired) electrons. The number of aryl methyl sites for hydroxylation is 3. The van der Waals surface area contributed by atoms with Gasteiger partial charge >= 0.3 is 6.55 Å². The fourth-order valence-electron chi connectivity index (χ4n) is 3.01. The molecular weight excluding hydrogens is 422 g/mol. The van der Waals surface area contributed by atoms with Gasteiger partial charge in [0.2, 0.25) is 0 Å². The van der Waals surface area contributed by atoms with Crippen LogP contribution in [0.1, 0.15) is 34.1 Å². The Balaban J connectivity index is 1.95. The molecule has 14 heteroatoms. The standard InChI is InChI=1S/C16H20F2N8O3S/c1-8-14(10(3)26(22-8)16(17)18)30(28,29)23-12-7-20-25(5)13(12)15(27)21-11-6-19-24(4)9(11)2/h6-7,16,23H,1-5H3,(H,21,27). The van der Waals surface area contributed by atoms with Gasteiger partial charge in [-0.3, -0.25) is 18.9 Å². The van der Waals surface area contributed by atoms with Gasteiger partial charge in [-0.15, -0.1) is 0 Å². The van der Waals surface area contributed by atoms with Crippen molar-refractivity contribution in [3.63, 3.8) is 0 Å². The van der Waals surface area contributed by atoms with Gasteiger partial charge < -0.3 is 5.32 Å². The van der Waals surface area contributed by atoms with Crippen LogP contribution < -0.4 is 10.0 Å². The molecule has 30 heavy (non-hydrogen) atoms. The maximum absolute atomic E-state index is 13.1. The smallest absolute Gasteiger partial charge is 0.318 e. The summed E-state index contributed by atoms with van der Waals surface area (Å²) in [5, 5.41) is 14.2. The summed E-state index contributed by atoms with van der Waals surface area (Å²) >= 11 is 0. The zero-order valence-electron chi connectivity index (χ0n) is 16.8. The predicted molar refractivity (Wildman–Crippen MR) is 103 cm³/mol. The highest BCUT2D eigenvalue weighted by atomic mass is 32.2. The third-order valence-electron chi connectivity index (χ3n) is 4.59. The molecule has 3 aromatic heterocycles. The van der Waals surface area contributed by atoms with Crippen LogP contribution in [-0.2, 0) is 24.1 Å². The Morgan fingerprint density at radius 2 is 1.63 bits per heavy atom. The fourth-order valence-corrected chi connectivity index (χ4v) is 4.46. The van der Waals surface area contributed by atoms with E-state index in [4.69, 9.17) is 0 Å². The Labute approximate surface area is 170 Å². The van der Waals surface area contributed by atoms with Gasteiger partial charge in [0, 0.05) is 14.1 Å². The molecule has 3 aromatic rings. The monoisotopic (exact) mass is 442 g/mol. The minimum absolute atomic E-state index is 0.0709. The van der Waals surface area contributed by atoms with Crippen molar-refractivity contribution >= 4 is 27.3 Å². The molecule has 1 amide bonds. The van der Waals surface area contributed by atoms with Crippen LogP contribution in [0.5, 0.6) is 0 Å². The van der Waals surface area contributed by atoms with Crippen molar-refractivity contribution in [3.05, 3.63) is 35.2 Å². The Kier molecular flexibility index (Phi) is 5.36. The minimum Gasteiger partial charge on any atom is -0.318 e. The number of alkyl halides is 2. The molecule has 0 spiro atoms. The van der Waals surface area contributed by atoms with Crippen molar-refractivity contribution in [1.29, 1.82) is 0 Å². The van der Waals surface area contributed by atoms with Gasteiger partial charge in [0.05, 0.1) is 40.9 Å². The van der Waals surface area contributed by atoms with Gasteiger partial charge in [0.1, 0.15) is 10.6 Å². The average Bonchev–Trinajstić information content (AvgIpc) is 3.26. The van der Waals surface area contributed by atoms with Crippen LogP contribution in [0.2, 0.25) is 0 Å². The lowest BCUT2D eigenvalue weighted by atomic mass is 10.3. The maximum atomic E-state index is 13.1. The first-order valence-corrected chi connectivity index (χ1v) is 10.1. The van der Waals surface area contributed by atoms with E-state index in [0.29, 0.717) is 16.1 Å². The van der Waals surface area contributed by atoms with Gasteiger partial charge in [-0.2, -0.15) is 24.1 Å². The molecule has 0 saturated heterocycles. The van der Waals surface area contributed by atoms with E-state index in [1.54, 1.807) is 18.7 Å². The van der Waals surface area contributed by atoms with Crippen LogP contribution >= 0.6 is 0 Å². The Morgan fingerprint density at radius 3 is 2.17 bits per heavy atom. The van der Waals surface area contributed by atoms with Crippen molar-refractivity contribution in [1.82, 2.24) is 29.3 Å². The highest BCUT2D eigenvalue weighted by Gasteiger charge is 2.29. The highest BCUT2D eigenvalue weighted by molar-refractivity contribution is 7.92. The zero-order valence-corrected chi connectivity index (χ0v) is 17.6. The third-order valence-corrected chi connectivity index (χ3v) is 6.21. The number of hydrogen-bond acceptors (Lipinski definition) is 6. The number of hydrogen-bond donors (Lipinski definition) is 2. The van der Waals surface area contributed by atoms with E-state index in [2.05, 4.69) is 25.3 Å². The minimum atomic E-state index is -4.32. The SMILES string of the molecule is Cc1nn(C(F)F)c(C)c1S(=O)(=O)Nc1cnn(C)c1C(=O)Nc1cnn(C)c1C. The largest absolute Gasteiger partial charge is 0.333 e. The maximum Gasteiger partial charge on any atom is 0.333 e. The number of sulfonamides is 1. The van der Waals surface area contributed by atoms with Crippen LogP contribution in [0.15, 0.2) is 17.3 Å². The fraction of sp³-hybridized carbons (Fsp3) is 0.375. The predicted octanol–water partition coefficient (Wildman–Crippen LogP) is 1.72. The molecule has 0 aromatic carbocycles. The normalized spacial score (nSPS) is 11.9. The van der Waals surface area contributed by atoms with Crippen LogP contribution in [0.25, 0.3) is 0 Å². The molecule has 3 rings (SSSR count). The Morgan fingerprint density at radius 1 is 1.03 bits per heavy atom. The van der Waals surface area contributed by atoms with Crippen molar-refractivity contribution < 1.29 is 22.0 Å². The first-order chi connectivity index (χ1) is 13.9. The third kappa shape index (κ3) is 3.65. The summed E-state index contributed by atoms with van der Waals surface area (Å²) < 4.78 is 57.2. The van der Waals surface area contributed by atoms with E-state index in [-0.39, 0.29) is 27.7 Å². The second-order valence-corrected chi connectivity index (χ2v) is 8.20. The van der Waals surface area contributed by atoms with Crippen molar-refractivity contribution in [2.45, 2.75) is 32.2 Å². The molecule has 11 nitrogen and oxygen atoms in total. The molecule has 0 fully saturated rings. The van der Waals surface area contributed by atoms with Crippen LogP contribution in [0.3, 0.4) is 0 Å². The summed E-state index contributed by atoms with van der Waals surface area (Å²) in [6, 6.07) is 0. The lowest BCUT2D eigenvalue weighted by molar-refractivity contribution is 0.0538. The number of nitrogens with one attached hydrogen (secondary N) is 2. The molecule has 3 heterocycles. The summed E-state index contributed by atoms with van der Waals surface area (Å²) in [6.07, 6.45) is 2.61. The lowest BCUT2D eigenvalue weighted by Crippen LogP contribution is -2.21. The van der Waals surface area contributed by atoms with Gasteiger partial charge in [-0.05, 0) is 20.8 Å². The molecule has 0 bridgehead atoms. The van der Waals surface area contributed by atoms with Crippen molar-refractivity contribution in [3.8, 4) is 0 Å². The second-order valence-electron chi connectivity index (χ2n) is 6.58. The number of carbonyl (C=O) groups excluding carboxylic acids is 1. The number of nitrogens with zero attached hydrogens (tertiary/aromatic N) is 6. The molecule has 0 saturated carbocycles. The lowest BCUT2D eigenvalue weighted by Gasteiger charge is -2.10. The van der Waals surface area contributed by atoms with E-state index in [0.717, 1.165) is 6.20 Å².